The second-order valence-electron chi connectivity index (χ2n) is 13.6. The van der Waals surface area contributed by atoms with E-state index in [0.29, 0.717) is 31.9 Å². The Labute approximate surface area is 271 Å². The summed E-state index contributed by atoms with van der Waals surface area (Å²) in [5.74, 6) is 0.213. The van der Waals surface area contributed by atoms with E-state index < -0.39 is 16.8 Å². The number of hydrogen-bond acceptors (Lipinski definition) is 9. The van der Waals surface area contributed by atoms with Crippen LogP contribution in [0.2, 0.25) is 0 Å². The standard InChI is InChI=1S/C18H26BrN3O3.C13H18BrN3O/c1-17(2,3)25-16(23)22-10-12-8-21(4)9-13(11-22)18(12,24)15-6-5-14(19)7-20-15;1-17-7-9-4-15-5-10(8-17)13(9,18)12-3-2-11(14)6-16-12/h5-7,12-13,24H,8-11H2,1-4H3;2-3,6,9-10,15,18H,4-5,7-8H2,1H3. The summed E-state index contributed by atoms with van der Waals surface area (Å²) in [6.45, 7) is 11.5. The molecule has 12 heteroatoms. The molecule has 4 unspecified atom stereocenters. The van der Waals surface area contributed by atoms with Crippen molar-refractivity contribution in [3.8, 4) is 0 Å². The SMILES string of the molecule is CN1CC2CN(C(=O)OC(C)(C)C)CC(C1)C2(O)c1ccc(Br)cn1.CN1CC2CNCC(C1)C2(O)c1ccc(Br)cn1. The van der Waals surface area contributed by atoms with E-state index in [2.05, 4.69) is 71.0 Å². The van der Waals surface area contributed by atoms with Crippen molar-refractivity contribution in [2.75, 3.05) is 66.5 Å². The lowest BCUT2D eigenvalue weighted by Gasteiger charge is -2.54. The quantitative estimate of drug-likeness (QED) is 0.430. The van der Waals surface area contributed by atoms with E-state index in [9.17, 15) is 15.0 Å². The third kappa shape index (κ3) is 6.80. The number of piperidine rings is 4. The lowest BCUT2D eigenvalue weighted by atomic mass is 9.68. The smallest absolute Gasteiger partial charge is 0.410 e. The maximum Gasteiger partial charge on any atom is 0.410 e. The normalized spacial score (nSPS) is 32.9. The number of fused-ring (bicyclic) bond motifs is 4. The molecular weight excluding hydrogens is 680 g/mol. The van der Waals surface area contributed by atoms with E-state index >= 15 is 0 Å². The summed E-state index contributed by atoms with van der Waals surface area (Å²) in [6.07, 6.45) is 3.18. The molecule has 0 spiro atoms. The molecule has 2 aromatic heterocycles. The van der Waals surface area contributed by atoms with Gasteiger partial charge in [0.25, 0.3) is 0 Å². The second kappa shape index (κ2) is 12.6. The molecule has 43 heavy (non-hydrogen) atoms. The van der Waals surface area contributed by atoms with Crippen LogP contribution in [0.4, 0.5) is 4.79 Å². The number of carbonyl (C=O) groups is 1. The Kier molecular flexibility index (Phi) is 9.60. The summed E-state index contributed by atoms with van der Waals surface area (Å²) in [5.41, 5.74) is -0.827. The monoisotopic (exact) mass is 722 g/mol. The number of nitrogens with one attached hydrogen (secondary N) is 1. The van der Waals surface area contributed by atoms with Gasteiger partial charge in [-0.1, -0.05) is 0 Å². The first kappa shape index (κ1) is 32.7. The fraction of sp³-hybridized carbons (Fsp3) is 0.645. The van der Waals surface area contributed by atoms with Crippen molar-refractivity contribution in [1.29, 1.82) is 0 Å². The molecular formula is C31H44Br2N6O4. The Balaban J connectivity index is 0.000000180. The Morgan fingerprint density at radius 3 is 1.63 bits per heavy atom. The number of aliphatic hydroxyl groups is 2. The van der Waals surface area contributed by atoms with Crippen LogP contribution in [0.25, 0.3) is 0 Å². The van der Waals surface area contributed by atoms with Crippen LogP contribution in [0.3, 0.4) is 0 Å². The summed E-state index contributed by atoms with van der Waals surface area (Å²) in [6, 6.07) is 7.68. The molecule has 236 valence electrons. The van der Waals surface area contributed by atoms with Crippen LogP contribution in [0.5, 0.6) is 0 Å². The van der Waals surface area contributed by atoms with Crippen molar-refractivity contribution in [1.82, 2.24) is 30.0 Å². The van der Waals surface area contributed by atoms with Gasteiger partial charge in [-0.3, -0.25) is 9.97 Å². The zero-order valence-electron chi connectivity index (χ0n) is 25.6. The highest BCUT2D eigenvalue weighted by Gasteiger charge is 2.55. The molecule has 4 fully saturated rings. The molecule has 0 aliphatic carbocycles. The third-order valence-corrected chi connectivity index (χ3v) is 10.1. The lowest BCUT2D eigenvalue weighted by molar-refractivity contribution is -0.161. The number of carbonyl (C=O) groups excluding carboxylic acids is 1. The zero-order chi connectivity index (χ0) is 31.2. The predicted octanol–water partition coefficient (Wildman–Crippen LogP) is 3.27. The molecule has 0 radical (unpaired) electrons. The zero-order valence-corrected chi connectivity index (χ0v) is 28.8. The van der Waals surface area contributed by atoms with E-state index in [1.54, 1.807) is 17.3 Å². The summed E-state index contributed by atoms with van der Waals surface area (Å²) >= 11 is 6.79. The van der Waals surface area contributed by atoms with Gasteiger partial charge in [-0.05, 0) is 91.0 Å². The Morgan fingerprint density at radius 1 is 0.814 bits per heavy atom. The number of hydrogen-bond donors (Lipinski definition) is 3. The van der Waals surface area contributed by atoms with E-state index in [1.807, 2.05) is 45.0 Å². The molecule has 0 saturated carbocycles. The molecule has 4 saturated heterocycles. The van der Waals surface area contributed by atoms with Crippen molar-refractivity contribution < 1.29 is 19.7 Å². The number of halogens is 2. The van der Waals surface area contributed by atoms with Gasteiger partial charge in [-0.15, -0.1) is 0 Å². The van der Waals surface area contributed by atoms with Crippen LogP contribution in [0.15, 0.2) is 45.6 Å². The van der Waals surface area contributed by atoms with E-state index in [0.717, 1.165) is 40.8 Å². The van der Waals surface area contributed by atoms with Gasteiger partial charge in [0.05, 0.1) is 11.4 Å². The van der Waals surface area contributed by atoms with Crippen LogP contribution >= 0.6 is 31.9 Å². The number of nitrogens with zero attached hydrogens (tertiary/aromatic N) is 5. The molecule has 0 aromatic carbocycles. The highest BCUT2D eigenvalue weighted by molar-refractivity contribution is 9.10. The van der Waals surface area contributed by atoms with Crippen molar-refractivity contribution >= 4 is 38.0 Å². The topological polar surface area (TPSA) is 114 Å². The lowest BCUT2D eigenvalue weighted by Crippen LogP contribution is -2.66. The summed E-state index contributed by atoms with van der Waals surface area (Å²) in [7, 11) is 4.18. The highest BCUT2D eigenvalue weighted by atomic mass is 79.9. The molecule has 10 nitrogen and oxygen atoms in total. The maximum absolute atomic E-state index is 12.5. The first-order valence-electron chi connectivity index (χ1n) is 14.9. The number of aromatic nitrogens is 2. The van der Waals surface area contributed by atoms with E-state index in [4.69, 9.17) is 4.74 Å². The summed E-state index contributed by atoms with van der Waals surface area (Å²) in [5, 5.41) is 26.2. The third-order valence-electron chi connectivity index (χ3n) is 9.21. The van der Waals surface area contributed by atoms with Crippen LogP contribution in [-0.2, 0) is 15.9 Å². The minimum Gasteiger partial charge on any atom is -0.444 e. The Morgan fingerprint density at radius 2 is 1.23 bits per heavy atom. The predicted molar refractivity (Wildman–Crippen MR) is 171 cm³/mol. The van der Waals surface area contributed by atoms with Crippen molar-refractivity contribution in [3.63, 3.8) is 0 Å². The van der Waals surface area contributed by atoms with E-state index in [1.165, 1.54) is 0 Å². The van der Waals surface area contributed by atoms with E-state index in [-0.39, 0.29) is 29.8 Å². The van der Waals surface area contributed by atoms with Crippen molar-refractivity contribution in [2.45, 2.75) is 37.6 Å². The van der Waals surface area contributed by atoms with Crippen LogP contribution in [0, 0.1) is 23.7 Å². The summed E-state index contributed by atoms with van der Waals surface area (Å²) < 4.78 is 7.36. The minimum atomic E-state index is -1.02. The van der Waals surface area contributed by atoms with Gasteiger partial charge < -0.3 is 35.0 Å². The van der Waals surface area contributed by atoms with Crippen LogP contribution < -0.4 is 5.32 Å². The number of likely N-dealkylation sites (tertiary alicyclic amines) is 3. The Hall–Kier alpha value is -1.67. The Bertz CT molecular complexity index is 1240. The van der Waals surface area contributed by atoms with Gasteiger partial charge in [-0.25, -0.2) is 4.79 Å². The molecule has 2 aromatic rings. The molecule has 4 aliphatic heterocycles. The molecule has 6 rings (SSSR count). The number of amides is 1. The van der Waals surface area contributed by atoms with Gasteiger partial charge in [-0.2, -0.15) is 0 Å². The average molecular weight is 725 g/mol. The maximum atomic E-state index is 12.5. The van der Waals surface area contributed by atoms with Crippen molar-refractivity contribution in [2.24, 2.45) is 23.7 Å². The van der Waals surface area contributed by atoms with Crippen LogP contribution in [-0.4, -0.2) is 113 Å². The number of pyridine rings is 2. The average Bonchev–Trinajstić information content (AvgIpc) is 2.90. The van der Waals surface area contributed by atoms with Gasteiger partial charge in [0.2, 0.25) is 0 Å². The second-order valence-corrected chi connectivity index (χ2v) is 15.5. The first-order valence-corrected chi connectivity index (χ1v) is 16.5. The minimum absolute atomic E-state index is 0.105. The molecule has 6 heterocycles. The molecule has 4 aliphatic rings. The highest BCUT2D eigenvalue weighted by Crippen LogP contribution is 2.45. The number of rotatable bonds is 2. The fourth-order valence-corrected chi connectivity index (χ4v) is 7.76. The summed E-state index contributed by atoms with van der Waals surface area (Å²) in [4.78, 5) is 27.7. The van der Waals surface area contributed by atoms with Crippen molar-refractivity contribution in [3.05, 3.63) is 57.0 Å². The molecule has 1 amide bonds. The largest absolute Gasteiger partial charge is 0.444 e. The van der Waals surface area contributed by atoms with Gasteiger partial charge in [0.1, 0.15) is 16.8 Å². The van der Waals surface area contributed by atoms with Gasteiger partial charge in [0, 0.05) is 97.4 Å². The molecule has 3 N–H and O–H groups in total. The van der Waals surface area contributed by atoms with Gasteiger partial charge >= 0.3 is 6.09 Å². The van der Waals surface area contributed by atoms with Crippen LogP contribution in [0.1, 0.15) is 32.2 Å². The molecule has 4 atom stereocenters. The first-order chi connectivity index (χ1) is 20.2. The fourth-order valence-electron chi connectivity index (χ4n) is 7.29. The number of ether oxygens (including phenoxy) is 1. The van der Waals surface area contributed by atoms with Gasteiger partial charge in [0.15, 0.2) is 0 Å². The molecule has 4 bridgehead atoms.